The van der Waals surface area contributed by atoms with Crippen LogP contribution >= 0.6 is 0 Å². The molecule has 2 bridgehead atoms. The van der Waals surface area contributed by atoms with E-state index in [4.69, 9.17) is 9.47 Å². The van der Waals surface area contributed by atoms with Crippen molar-refractivity contribution < 1.29 is 34.1 Å². The van der Waals surface area contributed by atoms with E-state index in [9.17, 15) is 24.6 Å². The zero-order valence-corrected chi connectivity index (χ0v) is 16.8. The molecule has 4 rings (SSSR count). The van der Waals surface area contributed by atoms with Gasteiger partial charge in [0.1, 0.15) is 23.9 Å². The first-order valence-electron chi connectivity index (χ1n) is 9.89. The number of hydrogen-bond acceptors (Lipinski definition) is 7. The molecule has 6 atom stereocenters. The van der Waals surface area contributed by atoms with Crippen molar-refractivity contribution in [3.05, 3.63) is 35.9 Å². The van der Waals surface area contributed by atoms with Crippen LogP contribution in [0.4, 0.5) is 0 Å². The van der Waals surface area contributed by atoms with Crippen molar-refractivity contribution in [3.8, 4) is 0 Å². The van der Waals surface area contributed by atoms with Crippen LogP contribution in [0.5, 0.6) is 0 Å². The molecule has 3 fully saturated rings. The predicted octanol–water partition coefficient (Wildman–Crippen LogP) is 1.65. The summed E-state index contributed by atoms with van der Waals surface area (Å²) in [5, 5.41) is 23.3. The lowest BCUT2D eigenvalue weighted by Gasteiger charge is -2.61. The number of aliphatic hydroxyl groups is 2. The summed E-state index contributed by atoms with van der Waals surface area (Å²) in [5.41, 5.74) is -6.13. The van der Waals surface area contributed by atoms with Crippen LogP contribution in [0.3, 0.4) is 0 Å². The number of hydrogen-bond donors (Lipinski definition) is 2. The molecule has 0 spiro atoms. The number of Topliss-reactive ketones (excluding diaryl/α,β-unsaturated/α-hetero) is 1. The number of benzene rings is 1. The molecule has 0 aromatic heterocycles. The molecule has 0 radical (unpaired) electrons. The summed E-state index contributed by atoms with van der Waals surface area (Å²) in [6.07, 6.45) is -1.06. The van der Waals surface area contributed by atoms with Gasteiger partial charge in [-0.25, -0.2) is 4.79 Å². The van der Waals surface area contributed by atoms with Crippen molar-refractivity contribution in [1.82, 2.24) is 0 Å². The van der Waals surface area contributed by atoms with Crippen LogP contribution in [-0.2, 0) is 19.1 Å². The molecule has 2 saturated carbocycles. The van der Waals surface area contributed by atoms with Gasteiger partial charge in [-0.05, 0) is 31.4 Å². The molecule has 3 aliphatic rings. The van der Waals surface area contributed by atoms with E-state index in [1.807, 2.05) is 6.92 Å². The Bertz CT molecular complexity index is 878. The molecule has 0 unspecified atom stereocenters. The van der Waals surface area contributed by atoms with E-state index < -0.39 is 45.9 Å². The fourth-order valence-electron chi connectivity index (χ4n) is 5.83. The molecule has 156 valence electrons. The molecule has 1 heterocycles. The van der Waals surface area contributed by atoms with E-state index in [0.717, 1.165) is 0 Å². The molecular weight excluding hydrogens is 376 g/mol. The van der Waals surface area contributed by atoms with E-state index in [2.05, 4.69) is 0 Å². The van der Waals surface area contributed by atoms with Crippen LogP contribution in [0.2, 0.25) is 0 Å². The first-order chi connectivity index (χ1) is 13.5. The molecule has 2 N–H and O–H groups in total. The van der Waals surface area contributed by atoms with Crippen molar-refractivity contribution >= 4 is 17.7 Å². The van der Waals surface area contributed by atoms with Gasteiger partial charge in [0, 0.05) is 11.8 Å². The average Bonchev–Trinajstić information content (AvgIpc) is 2.83. The fraction of sp³-hybridized carbons (Fsp3) is 0.591. The number of rotatable bonds is 2. The zero-order chi connectivity index (χ0) is 21.2. The van der Waals surface area contributed by atoms with E-state index in [1.54, 1.807) is 37.3 Å². The maximum atomic E-state index is 12.9. The van der Waals surface area contributed by atoms with Gasteiger partial charge in [-0.3, -0.25) is 9.59 Å². The number of carbonyl (C=O) groups is 3. The number of cyclic esters (lactones) is 1. The molecule has 29 heavy (non-hydrogen) atoms. The maximum Gasteiger partial charge on any atom is 0.338 e. The van der Waals surface area contributed by atoms with Crippen molar-refractivity contribution in [1.29, 1.82) is 0 Å². The minimum atomic E-state index is -1.95. The van der Waals surface area contributed by atoms with Crippen LogP contribution in [0.25, 0.3) is 0 Å². The molecule has 1 aliphatic heterocycles. The van der Waals surface area contributed by atoms with E-state index in [0.29, 0.717) is 5.56 Å². The Morgan fingerprint density at radius 3 is 2.45 bits per heavy atom. The number of ether oxygens (including phenoxy) is 2. The summed E-state index contributed by atoms with van der Waals surface area (Å²) < 4.78 is 11.1. The highest BCUT2D eigenvalue weighted by Crippen LogP contribution is 2.69. The molecule has 7 nitrogen and oxygen atoms in total. The normalized spacial score (nSPS) is 43.9. The second-order valence-electron chi connectivity index (χ2n) is 9.16. The Morgan fingerprint density at radius 2 is 1.79 bits per heavy atom. The summed E-state index contributed by atoms with van der Waals surface area (Å²) in [7, 11) is 0. The number of ketones is 1. The summed E-state index contributed by atoms with van der Waals surface area (Å²) in [6, 6.07) is 8.42. The van der Waals surface area contributed by atoms with Crippen molar-refractivity contribution in [2.75, 3.05) is 6.61 Å². The second kappa shape index (κ2) is 6.12. The SMILES string of the molecule is C[C@H]1C[C@@H](OC(=O)c2ccccc2)[C@]2(O)[C@@]13CC(=O)OC[C@@]2(C)[C@](C)(O)C(=O)C3. The van der Waals surface area contributed by atoms with Gasteiger partial charge in [-0.15, -0.1) is 0 Å². The van der Waals surface area contributed by atoms with Crippen molar-refractivity contribution in [3.63, 3.8) is 0 Å². The Morgan fingerprint density at radius 1 is 1.14 bits per heavy atom. The standard InChI is InChI=1S/C22H26O7/c1-13-9-16(29-18(25)14-7-5-4-6-8-14)22(27)19(2)12-28-17(24)11-21(13,22)10-15(23)20(19,3)26/h4-8,13,16,26-27H,9-12H2,1-3H3/t13-,16+,19-,20+,21-,22+/m0/s1. The topological polar surface area (TPSA) is 110 Å². The van der Waals surface area contributed by atoms with Crippen LogP contribution in [-0.4, -0.2) is 51.8 Å². The lowest BCUT2D eigenvalue weighted by atomic mass is 9.46. The monoisotopic (exact) mass is 402 g/mol. The smallest absolute Gasteiger partial charge is 0.338 e. The average molecular weight is 402 g/mol. The fourth-order valence-corrected chi connectivity index (χ4v) is 5.83. The van der Waals surface area contributed by atoms with Gasteiger partial charge in [0.2, 0.25) is 0 Å². The van der Waals surface area contributed by atoms with Gasteiger partial charge in [0.05, 0.1) is 17.4 Å². The summed E-state index contributed by atoms with van der Waals surface area (Å²) in [5.74, 6) is -1.87. The van der Waals surface area contributed by atoms with Crippen molar-refractivity contribution in [2.45, 2.75) is 57.3 Å². The third kappa shape index (κ3) is 2.34. The van der Waals surface area contributed by atoms with Crippen LogP contribution in [0, 0.1) is 16.7 Å². The van der Waals surface area contributed by atoms with Gasteiger partial charge in [-0.2, -0.15) is 0 Å². The van der Waals surface area contributed by atoms with Gasteiger partial charge >= 0.3 is 11.9 Å². The highest BCUT2D eigenvalue weighted by Gasteiger charge is 2.81. The lowest BCUT2D eigenvalue weighted by molar-refractivity contribution is -0.271. The number of esters is 2. The van der Waals surface area contributed by atoms with Gasteiger partial charge in [0.25, 0.3) is 0 Å². The third-order valence-corrected chi connectivity index (χ3v) is 7.91. The van der Waals surface area contributed by atoms with Gasteiger partial charge < -0.3 is 19.7 Å². The van der Waals surface area contributed by atoms with Crippen molar-refractivity contribution in [2.24, 2.45) is 16.7 Å². The highest BCUT2D eigenvalue weighted by molar-refractivity contribution is 5.92. The second-order valence-corrected chi connectivity index (χ2v) is 9.16. The Balaban J connectivity index is 1.84. The van der Waals surface area contributed by atoms with Gasteiger partial charge in [0.15, 0.2) is 5.78 Å². The minimum Gasteiger partial charge on any atom is -0.465 e. The van der Waals surface area contributed by atoms with E-state index in [-0.39, 0.29) is 31.8 Å². The summed E-state index contributed by atoms with van der Waals surface area (Å²) in [4.78, 5) is 38.1. The Kier molecular flexibility index (Phi) is 4.23. The van der Waals surface area contributed by atoms with E-state index in [1.165, 1.54) is 6.92 Å². The van der Waals surface area contributed by atoms with Gasteiger partial charge in [-0.1, -0.05) is 32.0 Å². The quantitative estimate of drug-likeness (QED) is 0.724. The molecule has 1 aromatic carbocycles. The van der Waals surface area contributed by atoms with E-state index >= 15 is 0 Å². The third-order valence-electron chi connectivity index (χ3n) is 7.91. The zero-order valence-electron chi connectivity index (χ0n) is 16.8. The first kappa shape index (κ1) is 20.0. The molecule has 7 heteroatoms. The van der Waals surface area contributed by atoms with Crippen LogP contribution in [0.15, 0.2) is 30.3 Å². The summed E-state index contributed by atoms with van der Waals surface area (Å²) >= 11 is 0. The highest BCUT2D eigenvalue weighted by atomic mass is 16.6. The molecule has 2 aliphatic carbocycles. The molecular formula is C22H26O7. The largest absolute Gasteiger partial charge is 0.465 e. The van der Waals surface area contributed by atoms with Crippen LogP contribution in [0.1, 0.15) is 50.4 Å². The lowest BCUT2D eigenvalue weighted by Crippen LogP contribution is -2.76. The minimum absolute atomic E-state index is 0.165. The Labute approximate surface area is 169 Å². The Hall–Kier alpha value is -2.25. The molecule has 1 saturated heterocycles. The number of carbonyl (C=O) groups excluding carboxylic acids is 3. The van der Waals surface area contributed by atoms with Crippen LogP contribution < -0.4 is 0 Å². The predicted molar refractivity (Wildman–Crippen MR) is 101 cm³/mol. The first-order valence-corrected chi connectivity index (χ1v) is 9.89. The summed E-state index contributed by atoms with van der Waals surface area (Å²) in [6.45, 7) is 4.39. The molecule has 0 amide bonds. The maximum absolute atomic E-state index is 12.9. The molecule has 1 aromatic rings.